The fraction of sp³-hybridized carbons (Fsp3) is 0.286. The van der Waals surface area contributed by atoms with E-state index in [-0.39, 0.29) is 17.5 Å². The molecule has 1 N–H and O–H groups in total. The number of rotatable bonds is 5. The lowest BCUT2D eigenvalue weighted by molar-refractivity contribution is 0.0553. The Kier molecular flexibility index (Phi) is 5.72. The van der Waals surface area contributed by atoms with Crippen LogP contribution >= 0.6 is 0 Å². The van der Waals surface area contributed by atoms with Gasteiger partial charge in [-0.2, -0.15) is 0 Å². The topological polar surface area (TPSA) is 95.1 Å². The van der Waals surface area contributed by atoms with Gasteiger partial charge in [0.2, 0.25) is 0 Å². The van der Waals surface area contributed by atoms with Gasteiger partial charge in [-0.1, -0.05) is 35.5 Å². The number of carboxylic acids is 1. The van der Waals surface area contributed by atoms with Gasteiger partial charge in [0.15, 0.2) is 0 Å². The monoisotopic (exact) mass is 499 g/mol. The molecule has 0 aliphatic carbocycles. The number of benzene rings is 2. The van der Waals surface area contributed by atoms with E-state index in [2.05, 4.69) is 32.0 Å². The van der Waals surface area contributed by atoms with E-state index in [1.165, 1.54) is 12.3 Å². The summed E-state index contributed by atoms with van der Waals surface area (Å²) in [5.74, 6) is -1.30. The Hall–Kier alpha value is -4.11. The largest absolute Gasteiger partial charge is 0.478 e. The number of carboxylic acid groups (broad SMARTS) is 1. The zero-order valence-corrected chi connectivity index (χ0v) is 20.6. The van der Waals surface area contributed by atoms with Gasteiger partial charge < -0.3 is 14.4 Å². The molecule has 1 fully saturated rings. The Labute approximate surface area is 212 Å². The van der Waals surface area contributed by atoms with Crippen molar-refractivity contribution in [3.05, 3.63) is 77.4 Å². The van der Waals surface area contributed by atoms with Crippen molar-refractivity contribution in [1.82, 2.24) is 24.5 Å². The normalized spacial score (nSPS) is 15.4. The van der Waals surface area contributed by atoms with Crippen LogP contribution in [0.1, 0.15) is 40.5 Å². The van der Waals surface area contributed by atoms with E-state index in [9.17, 15) is 9.90 Å². The van der Waals surface area contributed by atoms with Crippen molar-refractivity contribution >= 4 is 27.9 Å². The lowest BCUT2D eigenvalue weighted by Crippen LogP contribution is -2.27. The lowest BCUT2D eigenvalue weighted by Gasteiger charge is -2.33. The molecule has 1 saturated heterocycles. The van der Waals surface area contributed by atoms with E-state index in [0.29, 0.717) is 46.4 Å². The lowest BCUT2D eigenvalue weighted by atomic mass is 9.86. The summed E-state index contributed by atoms with van der Waals surface area (Å²) in [6.07, 6.45) is 2.96. The smallest absolute Gasteiger partial charge is 0.337 e. The molecule has 3 aromatic heterocycles. The summed E-state index contributed by atoms with van der Waals surface area (Å²) in [5.41, 5.74) is 4.87. The molecule has 0 bridgehead atoms. The first-order chi connectivity index (χ1) is 17.9. The van der Waals surface area contributed by atoms with Crippen LogP contribution in [0.25, 0.3) is 33.2 Å². The second kappa shape index (κ2) is 9.08. The van der Waals surface area contributed by atoms with Crippen LogP contribution in [0.4, 0.5) is 4.39 Å². The fourth-order valence-corrected chi connectivity index (χ4v) is 5.70. The number of halogens is 1. The highest BCUT2D eigenvalue weighted by molar-refractivity contribution is 6.08. The van der Waals surface area contributed by atoms with Crippen LogP contribution in [0.2, 0.25) is 0 Å². The minimum atomic E-state index is -1.08. The molecule has 188 valence electrons. The molecule has 0 radical (unpaired) electrons. The molecule has 1 aliphatic heterocycles. The molecule has 6 rings (SSSR count). The molecule has 2 aromatic carbocycles. The number of aromatic carboxylic acids is 1. The first-order valence-corrected chi connectivity index (χ1v) is 12.3. The SMILES string of the molecule is Cc1nnn(C)c1-c1cc(F)c2c3ncc(C(=O)O)cc3n(C(c3ccccc3)C3CCOCC3)c2c1. The van der Waals surface area contributed by atoms with Crippen LogP contribution < -0.4 is 0 Å². The van der Waals surface area contributed by atoms with E-state index in [0.717, 1.165) is 24.1 Å². The Morgan fingerprint density at radius 2 is 1.89 bits per heavy atom. The summed E-state index contributed by atoms with van der Waals surface area (Å²) in [6, 6.07) is 15.0. The Bertz CT molecular complexity index is 1620. The van der Waals surface area contributed by atoms with Crippen molar-refractivity contribution in [1.29, 1.82) is 0 Å². The second-order valence-electron chi connectivity index (χ2n) is 9.57. The summed E-state index contributed by atoms with van der Waals surface area (Å²) in [6.45, 7) is 3.13. The molecule has 0 spiro atoms. The van der Waals surface area contributed by atoms with Crippen LogP contribution in [0.3, 0.4) is 0 Å². The Morgan fingerprint density at radius 3 is 2.57 bits per heavy atom. The molecule has 4 heterocycles. The molecule has 8 nitrogen and oxygen atoms in total. The third-order valence-corrected chi connectivity index (χ3v) is 7.34. The van der Waals surface area contributed by atoms with Crippen LogP contribution in [0, 0.1) is 18.7 Å². The quantitative estimate of drug-likeness (QED) is 0.360. The molecule has 0 amide bonds. The van der Waals surface area contributed by atoms with E-state index < -0.39 is 11.8 Å². The zero-order valence-electron chi connectivity index (χ0n) is 20.6. The van der Waals surface area contributed by atoms with Gasteiger partial charge in [-0.05, 0) is 49.4 Å². The summed E-state index contributed by atoms with van der Waals surface area (Å²) in [5, 5.41) is 18.4. The van der Waals surface area contributed by atoms with E-state index in [1.54, 1.807) is 17.8 Å². The molecular formula is C28H26FN5O3. The van der Waals surface area contributed by atoms with Gasteiger partial charge in [-0.15, -0.1) is 5.10 Å². The number of nitrogens with zero attached hydrogens (tertiary/aromatic N) is 5. The number of carbonyl (C=O) groups is 1. The predicted octanol–water partition coefficient (Wildman–Crippen LogP) is 5.15. The molecule has 1 unspecified atom stereocenters. The van der Waals surface area contributed by atoms with Gasteiger partial charge in [0.1, 0.15) is 5.82 Å². The maximum atomic E-state index is 16.0. The zero-order chi connectivity index (χ0) is 25.7. The highest BCUT2D eigenvalue weighted by atomic mass is 19.1. The van der Waals surface area contributed by atoms with Crippen molar-refractivity contribution in [3.8, 4) is 11.3 Å². The van der Waals surface area contributed by atoms with Crippen LogP contribution in [0.15, 0.2) is 54.7 Å². The first kappa shape index (κ1) is 23.3. The minimum absolute atomic E-state index is 0.0580. The van der Waals surface area contributed by atoms with Crippen LogP contribution in [-0.2, 0) is 11.8 Å². The highest BCUT2D eigenvalue weighted by Gasteiger charge is 2.31. The second-order valence-corrected chi connectivity index (χ2v) is 9.57. The molecule has 1 atom stereocenters. The molecule has 9 heteroatoms. The number of aromatic nitrogens is 5. The molecular weight excluding hydrogens is 473 g/mol. The van der Waals surface area contributed by atoms with Crippen molar-refractivity contribution in [3.63, 3.8) is 0 Å². The number of ether oxygens (including phenoxy) is 1. The summed E-state index contributed by atoms with van der Waals surface area (Å²) in [4.78, 5) is 16.4. The Morgan fingerprint density at radius 1 is 1.14 bits per heavy atom. The average molecular weight is 500 g/mol. The van der Waals surface area contributed by atoms with Gasteiger partial charge in [0.05, 0.1) is 44.9 Å². The van der Waals surface area contributed by atoms with Gasteiger partial charge >= 0.3 is 5.97 Å². The van der Waals surface area contributed by atoms with Gasteiger partial charge in [0.25, 0.3) is 0 Å². The van der Waals surface area contributed by atoms with E-state index >= 15 is 4.39 Å². The van der Waals surface area contributed by atoms with Crippen molar-refractivity contribution in [2.45, 2.75) is 25.8 Å². The van der Waals surface area contributed by atoms with Gasteiger partial charge in [0, 0.05) is 32.0 Å². The van der Waals surface area contributed by atoms with Gasteiger partial charge in [-0.25, -0.2) is 13.9 Å². The summed E-state index contributed by atoms with van der Waals surface area (Å²) < 4.78 is 25.4. The summed E-state index contributed by atoms with van der Waals surface area (Å²) >= 11 is 0. The molecule has 5 aromatic rings. The van der Waals surface area contributed by atoms with Crippen LogP contribution in [0.5, 0.6) is 0 Å². The number of hydrogen-bond donors (Lipinski definition) is 1. The van der Waals surface area contributed by atoms with Crippen molar-refractivity contribution < 1.29 is 19.0 Å². The molecule has 37 heavy (non-hydrogen) atoms. The highest BCUT2D eigenvalue weighted by Crippen LogP contribution is 2.42. The number of pyridine rings is 1. The molecule has 0 saturated carbocycles. The number of hydrogen-bond acceptors (Lipinski definition) is 5. The van der Waals surface area contributed by atoms with Crippen molar-refractivity contribution in [2.24, 2.45) is 13.0 Å². The number of fused-ring (bicyclic) bond motifs is 3. The van der Waals surface area contributed by atoms with Crippen LogP contribution in [-0.4, -0.2) is 48.8 Å². The van der Waals surface area contributed by atoms with E-state index in [4.69, 9.17) is 4.74 Å². The maximum Gasteiger partial charge on any atom is 0.337 e. The van der Waals surface area contributed by atoms with Gasteiger partial charge in [-0.3, -0.25) is 4.98 Å². The maximum absolute atomic E-state index is 16.0. The summed E-state index contributed by atoms with van der Waals surface area (Å²) in [7, 11) is 1.78. The first-order valence-electron chi connectivity index (χ1n) is 12.3. The number of aryl methyl sites for hydroxylation is 2. The van der Waals surface area contributed by atoms with Crippen molar-refractivity contribution in [2.75, 3.05) is 13.2 Å². The standard InChI is InChI=1S/C28H26FN5O3/c1-16-26(33(2)32-31-16)19-12-21(29)24-22(13-19)34(23-14-20(28(35)36)15-30-25(23)24)27(17-6-4-3-5-7-17)18-8-10-37-11-9-18/h3-7,12-15,18,27H,8-11H2,1-2H3,(H,35,36). The van der Waals surface area contributed by atoms with E-state index in [1.807, 2.05) is 31.2 Å². The third kappa shape index (κ3) is 3.86. The fourth-order valence-electron chi connectivity index (χ4n) is 5.70. The Balaban J connectivity index is 1.73. The third-order valence-electron chi connectivity index (χ3n) is 7.34. The average Bonchev–Trinajstić information content (AvgIpc) is 3.41. The minimum Gasteiger partial charge on any atom is -0.478 e. The predicted molar refractivity (Wildman–Crippen MR) is 137 cm³/mol. The molecule has 1 aliphatic rings.